The van der Waals surface area contributed by atoms with Crippen molar-refractivity contribution in [2.75, 3.05) is 11.9 Å². The summed E-state index contributed by atoms with van der Waals surface area (Å²) in [7, 11) is 2.05. The highest BCUT2D eigenvalue weighted by Crippen LogP contribution is 2.50. The molecule has 6 heteroatoms. The molecule has 0 radical (unpaired) electrons. The number of aliphatic imine (C=N–C) groups is 1. The van der Waals surface area contributed by atoms with Crippen LogP contribution in [-0.2, 0) is 4.79 Å². The van der Waals surface area contributed by atoms with E-state index in [0.717, 1.165) is 44.9 Å². The molecule has 0 unspecified atom stereocenters. The standard InChI is InChI=1S/C31H29N3OS2/c1-33-26-14-8-9-15-27(26)36-30(33)28-29(35)34(25-12-6-3-7-13-25)31(37-28)32-24-20-18-23(19-21-24)17-16-22-10-4-2-5-11-22/h2,4-5,8-11,14-21,25H,3,6-7,12-13H2,1H3. The van der Waals surface area contributed by atoms with Crippen LogP contribution in [0.1, 0.15) is 43.2 Å². The Bertz CT molecular complexity index is 1390. The second-order valence-electron chi connectivity index (χ2n) is 9.56. The average Bonchev–Trinajstić information content (AvgIpc) is 3.45. The first-order valence-corrected chi connectivity index (χ1v) is 14.5. The maximum Gasteiger partial charge on any atom is 0.269 e. The fraction of sp³-hybridized carbons (Fsp3) is 0.226. The van der Waals surface area contributed by atoms with E-state index in [2.05, 4.69) is 66.6 Å². The predicted octanol–water partition coefficient (Wildman–Crippen LogP) is 8.16. The number of carbonyl (C=O) groups excluding carboxylic acids is 1. The average molecular weight is 524 g/mol. The van der Waals surface area contributed by atoms with E-state index in [1.54, 1.807) is 11.8 Å². The summed E-state index contributed by atoms with van der Waals surface area (Å²) in [5.41, 5.74) is 4.32. The Balaban J connectivity index is 1.30. The highest BCUT2D eigenvalue weighted by atomic mass is 32.2. The molecule has 4 nitrogen and oxygen atoms in total. The predicted molar refractivity (Wildman–Crippen MR) is 158 cm³/mol. The molecule has 0 spiro atoms. The molecule has 3 aromatic carbocycles. The van der Waals surface area contributed by atoms with Crippen LogP contribution in [-0.4, -0.2) is 29.1 Å². The molecule has 2 fully saturated rings. The molecule has 1 aliphatic carbocycles. The van der Waals surface area contributed by atoms with Crippen LogP contribution in [0.3, 0.4) is 0 Å². The molecule has 0 aromatic heterocycles. The zero-order valence-electron chi connectivity index (χ0n) is 20.8. The van der Waals surface area contributed by atoms with Crippen molar-refractivity contribution in [2.45, 2.75) is 43.0 Å². The van der Waals surface area contributed by atoms with Gasteiger partial charge in [0, 0.05) is 18.0 Å². The zero-order valence-corrected chi connectivity index (χ0v) is 22.5. The highest BCUT2D eigenvalue weighted by Gasteiger charge is 2.42. The smallest absolute Gasteiger partial charge is 0.269 e. The van der Waals surface area contributed by atoms with Crippen LogP contribution < -0.4 is 4.90 Å². The van der Waals surface area contributed by atoms with Gasteiger partial charge < -0.3 is 4.90 Å². The van der Waals surface area contributed by atoms with Crippen LogP contribution in [0.4, 0.5) is 11.4 Å². The molecule has 2 aliphatic heterocycles. The highest BCUT2D eigenvalue weighted by molar-refractivity contribution is 8.19. The lowest BCUT2D eigenvalue weighted by atomic mass is 9.94. The van der Waals surface area contributed by atoms with E-state index in [4.69, 9.17) is 4.99 Å². The van der Waals surface area contributed by atoms with E-state index in [9.17, 15) is 4.79 Å². The Labute approximate surface area is 227 Å². The molecule has 0 N–H and O–H groups in total. The van der Waals surface area contributed by atoms with Gasteiger partial charge in [0.05, 0.1) is 16.4 Å². The Morgan fingerprint density at radius 2 is 1.49 bits per heavy atom. The molecule has 2 heterocycles. The number of thioether (sulfide) groups is 2. The van der Waals surface area contributed by atoms with Crippen molar-refractivity contribution in [2.24, 2.45) is 4.99 Å². The number of anilines is 1. The first kappa shape index (κ1) is 24.1. The lowest BCUT2D eigenvalue weighted by Crippen LogP contribution is -2.40. The van der Waals surface area contributed by atoms with Gasteiger partial charge in [0.25, 0.3) is 5.91 Å². The summed E-state index contributed by atoms with van der Waals surface area (Å²) in [6.45, 7) is 0. The van der Waals surface area contributed by atoms with Crippen molar-refractivity contribution in [3.63, 3.8) is 0 Å². The SMILES string of the molecule is CN1C(=C2SC(=Nc3ccc(C=Cc4ccccc4)cc3)N(C3CCCCC3)C2=O)Sc2ccccc21. The van der Waals surface area contributed by atoms with Gasteiger partial charge in [0.1, 0.15) is 4.91 Å². The fourth-order valence-corrected chi connectivity index (χ4v) is 7.49. The number of amidine groups is 1. The summed E-state index contributed by atoms with van der Waals surface area (Å²) in [5, 5.41) is 1.81. The largest absolute Gasteiger partial charge is 0.337 e. The first-order valence-electron chi connectivity index (χ1n) is 12.9. The molecule has 3 aromatic rings. The van der Waals surface area contributed by atoms with E-state index < -0.39 is 0 Å². The molecule has 1 saturated heterocycles. The topological polar surface area (TPSA) is 35.9 Å². The summed E-state index contributed by atoms with van der Waals surface area (Å²) in [5.74, 6) is 0.0974. The van der Waals surface area contributed by atoms with Crippen molar-refractivity contribution in [3.8, 4) is 0 Å². The van der Waals surface area contributed by atoms with Crippen molar-refractivity contribution in [1.82, 2.24) is 4.90 Å². The molecule has 3 aliphatic rings. The van der Waals surface area contributed by atoms with Crippen LogP contribution in [0, 0.1) is 0 Å². The maximum absolute atomic E-state index is 13.9. The summed E-state index contributed by atoms with van der Waals surface area (Å²) in [6.07, 6.45) is 9.89. The van der Waals surface area contributed by atoms with Gasteiger partial charge in [-0.1, -0.05) is 97.8 Å². The molecular weight excluding hydrogens is 494 g/mol. The Morgan fingerprint density at radius 3 is 2.22 bits per heavy atom. The second kappa shape index (κ2) is 10.6. The molecule has 6 rings (SSSR count). The summed E-state index contributed by atoms with van der Waals surface area (Å²) in [6, 6.07) is 27.1. The number of hydrogen-bond donors (Lipinski definition) is 0. The Hall–Kier alpha value is -3.22. The number of carbonyl (C=O) groups is 1. The van der Waals surface area contributed by atoms with Gasteiger partial charge in [-0.05, 0) is 60.0 Å². The van der Waals surface area contributed by atoms with E-state index in [1.165, 1.54) is 41.5 Å². The van der Waals surface area contributed by atoms with Gasteiger partial charge in [0.2, 0.25) is 0 Å². The van der Waals surface area contributed by atoms with Gasteiger partial charge in [0.15, 0.2) is 5.17 Å². The number of benzene rings is 3. The zero-order chi connectivity index (χ0) is 25.2. The Morgan fingerprint density at radius 1 is 0.811 bits per heavy atom. The van der Waals surface area contributed by atoms with Crippen LogP contribution >= 0.6 is 23.5 Å². The summed E-state index contributed by atoms with van der Waals surface area (Å²) < 4.78 is 0. The van der Waals surface area contributed by atoms with Crippen molar-refractivity contribution in [1.29, 1.82) is 0 Å². The normalized spacial score (nSPS) is 21.4. The van der Waals surface area contributed by atoms with Crippen molar-refractivity contribution < 1.29 is 4.79 Å². The molecule has 0 atom stereocenters. The number of para-hydroxylation sites is 1. The van der Waals surface area contributed by atoms with Crippen molar-refractivity contribution in [3.05, 3.63) is 99.9 Å². The van der Waals surface area contributed by atoms with Gasteiger partial charge in [-0.2, -0.15) is 0 Å². The van der Waals surface area contributed by atoms with Crippen LogP contribution in [0.2, 0.25) is 0 Å². The molecule has 37 heavy (non-hydrogen) atoms. The minimum atomic E-state index is 0.0974. The van der Waals surface area contributed by atoms with Crippen molar-refractivity contribution >= 4 is 58.1 Å². The third kappa shape index (κ3) is 5.00. The Kier molecular flexibility index (Phi) is 6.94. The summed E-state index contributed by atoms with van der Waals surface area (Å²) >= 11 is 3.21. The molecule has 1 amide bonds. The van der Waals surface area contributed by atoms with Gasteiger partial charge in [-0.15, -0.1) is 0 Å². The van der Waals surface area contributed by atoms with Crippen LogP contribution in [0.15, 0.2) is 98.7 Å². The lowest BCUT2D eigenvalue weighted by Gasteiger charge is -2.30. The number of nitrogens with zero attached hydrogens (tertiary/aromatic N) is 3. The minimum absolute atomic E-state index is 0.0974. The second-order valence-corrected chi connectivity index (χ2v) is 11.6. The number of hydrogen-bond acceptors (Lipinski definition) is 5. The number of fused-ring (bicyclic) bond motifs is 1. The minimum Gasteiger partial charge on any atom is -0.337 e. The van der Waals surface area contributed by atoms with E-state index in [1.807, 2.05) is 41.3 Å². The summed E-state index contributed by atoms with van der Waals surface area (Å²) in [4.78, 5) is 25.0. The van der Waals surface area contributed by atoms with Crippen LogP contribution in [0.5, 0.6) is 0 Å². The van der Waals surface area contributed by atoms with Gasteiger partial charge in [-0.3, -0.25) is 9.69 Å². The third-order valence-electron chi connectivity index (χ3n) is 7.07. The van der Waals surface area contributed by atoms with E-state index >= 15 is 0 Å². The van der Waals surface area contributed by atoms with E-state index in [-0.39, 0.29) is 11.9 Å². The molecule has 1 saturated carbocycles. The first-order chi connectivity index (χ1) is 18.2. The maximum atomic E-state index is 13.9. The van der Waals surface area contributed by atoms with Gasteiger partial charge in [-0.25, -0.2) is 4.99 Å². The lowest BCUT2D eigenvalue weighted by molar-refractivity contribution is -0.124. The fourth-order valence-electron chi connectivity index (χ4n) is 5.08. The van der Waals surface area contributed by atoms with E-state index in [0.29, 0.717) is 0 Å². The molecule has 186 valence electrons. The quantitative estimate of drug-likeness (QED) is 0.255. The number of amides is 1. The monoisotopic (exact) mass is 523 g/mol. The number of rotatable bonds is 4. The third-order valence-corrected chi connectivity index (χ3v) is 9.48. The van der Waals surface area contributed by atoms with Crippen LogP contribution in [0.25, 0.3) is 12.2 Å². The molecular formula is C31H29N3OS2. The molecule has 0 bridgehead atoms. The van der Waals surface area contributed by atoms with Gasteiger partial charge >= 0.3 is 0 Å².